The summed E-state index contributed by atoms with van der Waals surface area (Å²) in [5.74, 6) is 0. The normalized spacial score (nSPS) is 27.9. The van der Waals surface area contributed by atoms with E-state index in [0.29, 0.717) is 22.6 Å². The molecular formula is C20H20ClNO5. The van der Waals surface area contributed by atoms with Crippen molar-refractivity contribution in [3.8, 4) is 6.07 Å². The molecule has 0 saturated carbocycles. The monoisotopic (exact) mass is 389 g/mol. The first-order valence-corrected chi connectivity index (χ1v) is 8.90. The number of benzene rings is 2. The van der Waals surface area contributed by atoms with Gasteiger partial charge >= 0.3 is 0 Å². The van der Waals surface area contributed by atoms with Gasteiger partial charge in [-0.05, 0) is 41.3 Å². The summed E-state index contributed by atoms with van der Waals surface area (Å²) < 4.78 is 5.60. The molecule has 0 spiro atoms. The lowest BCUT2D eigenvalue weighted by Crippen LogP contribution is -2.55. The Morgan fingerprint density at radius 3 is 2.33 bits per heavy atom. The molecule has 3 rings (SSSR count). The molecule has 0 unspecified atom stereocenters. The van der Waals surface area contributed by atoms with Crippen LogP contribution in [0, 0.1) is 11.3 Å². The second-order valence-corrected chi connectivity index (χ2v) is 6.99. The van der Waals surface area contributed by atoms with E-state index in [1.807, 2.05) is 12.1 Å². The third-order valence-electron chi connectivity index (χ3n) is 4.77. The first-order valence-electron chi connectivity index (χ1n) is 8.52. The minimum Gasteiger partial charge on any atom is -0.394 e. The Labute approximate surface area is 161 Å². The fourth-order valence-corrected chi connectivity index (χ4v) is 3.39. The van der Waals surface area contributed by atoms with Crippen LogP contribution in [0.3, 0.4) is 0 Å². The molecule has 0 radical (unpaired) electrons. The molecule has 7 heteroatoms. The van der Waals surface area contributed by atoms with E-state index in [2.05, 4.69) is 6.07 Å². The number of ether oxygens (including phenoxy) is 1. The Hall–Kier alpha value is -1.98. The fourth-order valence-electron chi connectivity index (χ4n) is 3.20. The van der Waals surface area contributed by atoms with Gasteiger partial charge < -0.3 is 25.2 Å². The number of hydrogen-bond acceptors (Lipinski definition) is 6. The number of halogens is 1. The molecule has 0 amide bonds. The topological polar surface area (TPSA) is 114 Å². The molecule has 0 bridgehead atoms. The van der Waals surface area contributed by atoms with Gasteiger partial charge in [-0.25, -0.2) is 0 Å². The minimum absolute atomic E-state index is 0.479. The predicted molar refractivity (Wildman–Crippen MR) is 98.1 cm³/mol. The molecule has 142 valence electrons. The van der Waals surface area contributed by atoms with Crippen LogP contribution in [0.5, 0.6) is 0 Å². The molecule has 2 aromatic carbocycles. The summed E-state index contributed by atoms with van der Waals surface area (Å²) in [5, 5.41) is 49.0. The molecule has 1 heterocycles. The van der Waals surface area contributed by atoms with E-state index in [1.165, 1.54) is 0 Å². The van der Waals surface area contributed by atoms with E-state index in [9.17, 15) is 20.4 Å². The molecule has 1 aliphatic heterocycles. The van der Waals surface area contributed by atoms with Crippen LogP contribution in [0.25, 0.3) is 0 Å². The molecule has 5 atom stereocenters. The Morgan fingerprint density at radius 2 is 1.70 bits per heavy atom. The Balaban J connectivity index is 1.86. The molecule has 2 aromatic rings. The van der Waals surface area contributed by atoms with E-state index in [1.54, 1.807) is 30.3 Å². The zero-order chi connectivity index (χ0) is 19.6. The van der Waals surface area contributed by atoms with Crippen LogP contribution in [-0.2, 0) is 11.2 Å². The number of rotatable bonds is 4. The first kappa shape index (κ1) is 19.8. The van der Waals surface area contributed by atoms with Crippen molar-refractivity contribution in [3.63, 3.8) is 0 Å². The average molecular weight is 390 g/mol. The van der Waals surface area contributed by atoms with Gasteiger partial charge in [0.25, 0.3) is 0 Å². The maximum Gasteiger partial charge on any atom is 0.113 e. The Morgan fingerprint density at radius 1 is 1.00 bits per heavy atom. The summed E-state index contributed by atoms with van der Waals surface area (Å²) in [6.07, 6.45) is -5.53. The molecule has 1 aliphatic rings. The fraction of sp³-hybridized carbons (Fsp3) is 0.350. The highest BCUT2D eigenvalue weighted by molar-refractivity contribution is 6.31. The van der Waals surface area contributed by atoms with Crippen LogP contribution in [-0.4, -0.2) is 51.4 Å². The van der Waals surface area contributed by atoms with Gasteiger partial charge in [0, 0.05) is 5.02 Å². The third-order valence-corrected chi connectivity index (χ3v) is 5.14. The van der Waals surface area contributed by atoms with Crippen LogP contribution >= 0.6 is 11.6 Å². The quantitative estimate of drug-likeness (QED) is 0.627. The number of nitrogens with zero attached hydrogens (tertiary/aromatic N) is 1. The van der Waals surface area contributed by atoms with Crippen molar-refractivity contribution in [1.82, 2.24) is 0 Å². The number of hydrogen-bond donors (Lipinski definition) is 4. The van der Waals surface area contributed by atoms with Gasteiger partial charge in [-0.1, -0.05) is 35.9 Å². The summed E-state index contributed by atoms with van der Waals surface area (Å²) in [6.45, 7) is -0.479. The summed E-state index contributed by atoms with van der Waals surface area (Å²) >= 11 is 6.30. The smallest absolute Gasteiger partial charge is 0.113 e. The lowest BCUT2D eigenvalue weighted by atomic mass is 9.90. The van der Waals surface area contributed by atoms with Crippen molar-refractivity contribution in [1.29, 1.82) is 5.26 Å². The number of nitriles is 1. The Bertz CT molecular complexity index is 833. The average Bonchev–Trinajstić information content (AvgIpc) is 2.69. The lowest BCUT2D eigenvalue weighted by Gasteiger charge is -2.40. The molecular weight excluding hydrogens is 370 g/mol. The van der Waals surface area contributed by atoms with Gasteiger partial charge in [-0.3, -0.25) is 0 Å². The van der Waals surface area contributed by atoms with Gasteiger partial charge in [-0.2, -0.15) is 5.26 Å². The van der Waals surface area contributed by atoms with Gasteiger partial charge in [0.2, 0.25) is 0 Å². The predicted octanol–water partition coefficient (Wildman–Crippen LogP) is 1.32. The highest BCUT2D eigenvalue weighted by Gasteiger charge is 2.43. The van der Waals surface area contributed by atoms with E-state index in [-0.39, 0.29) is 0 Å². The highest BCUT2D eigenvalue weighted by Crippen LogP contribution is 2.34. The Kier molecular flexibility index (Phi) is 6.12. The molecule has 1 saturated heterocycles. The zero-order valence-electron chi connectivity index (χ0n) is 14.4. The summed E-state index contributed by atoms with van der Waals surface area (Å²) in [4.78, 5) is 0. The largest absolute Gasteiger partial charge is 0.394 e. The van der Waals surface area contributed by atoms with Crippen molar-refractivity contribution < 1.29 is 25.2 Å². The van der Waals surface area contributed by atoms with Crippen molar-refractivity contribution in [2.75, 3.05) is 6.61 Å². The van der Waals surface area contributed by atoms with Gasteiger partial charge in [0.1, 0.15) is 30.5 Å². The van der Waals surface area contributed by atoms with E-state index in [4.69, 9.17) is 21.6 Å². The van der Waals surface area contributed by atoms with Crippen LogP contribution in [0.15, 0.2) is 42.5 Å². The van der Waals surface area contributed by atoms with Gasteiger partial charge in [-0.15, -0.1) is 0 Å². The maximum atomic E-state index is 10.3. The van der Waals surface area contributed by atoms with Crippen LogP contribution in [0.2, 0.25) is 5.02 Å². The maximum absolute atomic E-state index is 10.3. The van der Waals surface area contributed by atoms with Crippen molar-refractivity contribution in [2.24, 2.45) is 0 Å². The molecule has 1 fully saturated rings. The lowest BCUT2D eigenvalue weighted by molar-refractivity contribution is -0.231. The zero-order valence-corrected chi connectivity index (χ0v) is 15.1. The molecule has 0 aliphatic carbocycles. The molecule has 0 aromatic heterocycles. The van der Waals surface area contributed by atoms with Crippen molar-refractivity contribution >= 4 is 11.6 Å². The first-order chi connectivity index (χ1) is 12.9. The summed E-state index contributed by atoms with van der Waals surface area (Å²) in [5.41, 5.74) is 2.90. The summed E-state index contributed by atoms with van der Waals surface area (Å²) in [6, 6.07) is 14.3. The SMILES string of the molecule is N#Cc1ccc(Cc2cc([C@@H]3O[C@H](CO)[C@@H](O)[C@H](O)[C@@H]3O)ccc2Cl)cc1. The van der Waals surface area contributed by atoms with Crippen LogP contribution in [0.1, 0.15) is 28.4 Å². The second-order valence-electron chi connectivity index (χ2n) is 6.59. The van der Waals surface area contributed by atoms with E-state index in [0.717, 1.165) is 11.1 Å². The summed E-state index contributed by atoms with van der Waals surface area (Å²) in [7, 11) is 0. The minimum atomic E-state index is -1.43. The van der Waals surface area contributed by atoms with Gasteiger partial charge in [0.05, 0.1) is 18.2 Å². The van der Waals surface area contributed by atoms with Crippen molar-refractivity contribution in [2.45, 2.75) is 36.9 Å². The van der Waals surface area contributed by atoms with Crippen LogP contribution in [0.4, 0.5) is 0 Å². The molecule has 4 N–H and O–H groups in total. The standard InChI is InChI=1S/C20H20ClNO5/c21-15-6-5-13(20-19(26)18(25)17(24)16(10-23)27-20)8-14(15)7-11-1-3-12(9-22)4-2-11/h1-6,8,16-20,23-26H,7,10H2/t16-,17-,18+,19+,20+/m1/s1. The van der Waals surface area contributed by atoms with Gasteiger partial charge in [0.15, 0.2) is 0 Å². The number of aliphatic hydroxyl groups excluding tert-OH is 4. The van der Waals surface area contributed by atoms with Crippen LogP contribution < -0.4 is 0 Å². The van der Waals surface area contributed by atoms with E-state index < -0.39 is 37.1 Å². The van der Waals surface area contributed by atoms with E-state index >= 15 is 0 Å². The number of aliphatic hydroxyl groups is 4. The molecule has 27 heavy (non-hydrogen) atoms. The highest BCUT2D eigenvalue weighted by atomic mass is 35.5. The molecule has 6 nitrogen and oxygen atoms in total. The second kappa shape index (κ2) is 8.36. The van der Waals surface area contributed by atoms with Crippen molar-refractivity contribution in [3.05, 3.63) is 69.7 Å². The third kappa shape index (κ3) is 4.14.